The van der Waals surface area contributed by atoms with Gasteiger partial charge >= 0.3 is 0 Å². The van der Waals surface area contributed by atoms with E-state index in [4.69, 9.17) is 5.84 Å². The molecule has 0 heterocycles. The summed E-state index contributed by atoms with van der Waals surface area (Å²) in [4.78, 5) is 0. The highest BCUT2D eigenvalue weighted by Gasteiger charge is 2.43. The Morgan fingerprint density at radius 3 is 2.38 bits per heavy atom. The summed E-state index contributed by atoms with van der Waals surface area (Å²) in [6.07, 6.45) is 5.85. The number of nitrogens with one attached hydrogen (secondary N) is 1. The molecule has 2 fully saturated rings. The molecule has 3 N–H and O–H groups in total. The summed E-state index contributed by atoms with van der Waals surface area (Å²) in [5.41, 5.74) is 3.03. The minimum atomic E-state index is 0.551. The Morgan fingerprint density at radius 1 is 1.23 bits per heavy atom. The van der Waals surface area contributed by atoms with E-state index in [9.17, 15) is 0 Å². The molecule has 4 unspecified atom stereocenters. The molecule has 76 valence electrons. The Hall–Kier alpha value is -0.0800. The van der Waals surface area contributed by atoms with Crippen molar-refractivity contribution in [2.75, 3.05) is 0 Å². The van der Waals surface area contributed by atoms with Crippen molar-refractivity contribution in [1.29, 1.82) is 0 Å². The predicted octanol–water partition coefficient (Wildman–Crippen LogP) is 1.91. The van der Waals surface area contributed by atoms with E-state index in [1.807, 2.05) is 0 Å². The number of hydrogen-bond donors (Lipinski definition) is 2. The second-order valence-corrected chi connectivity index (χ2v) is 5.28. The first-order valence-electron chi connectivity index (χ1n) is 5.68. The van der Waals surface area contributed by atoms with Crippen LogP contribution in [0.1, 0.15) is 39.5 Å². The lowest BCUT2D eigenvalue weighted by atomic mass is 9.79. The van der Waals surface area contributed by atoms with Crippen molar-refractivity contribution in [3.8, 4) is 0 Å². The second-order valence-electron chi connectivity index (χ2n) is 5.28. The summed E-state index contributed by atoms with van der Waals surface area (Å²) in [7, 11) is 0. The third-order valence-corrected chi connectivity index (χ3v) is 4.16. The summed E-state index contributed by atoms with van der Waals surface area (Å²) in [6.45, 7) is 4.55. The molecule has 0 aromatic rings. The van der Waals surface area contributed by atoms with Crippen LogP contribution in [0.15, 0.2) is 0 Å². The van der Waals surface area contributed by atoms with Crippen LogP contribution in [0, 0.1) is 23.7 Å². The van der Waals surface area contributed by atoms with Crippen LogP contribution in [0.2, 0.25) is 0 Å². The maximum atomic E-state index is 5.64. The molecule has 0 saturated heterocycles. The molecule has 0 spiro atoms. The summed E-state index contributed by atoms with van der Waals surface area (Å²) in [6, 6.07) is 0.551. The first-order valence-corrected chi connectivity index (χ1v) is 5.68. The van der Waals surface area contributed by atoms with Crippen molar-refractivity contribution in [1.82, 2.24) is 5.43 Å². The lowest BCUT2D eigenvalue weighted by Gasteiger charge is -2.32. The smallest absolute Gasteiger partial charge is 0.0264 e. The molecular weight excluding hydrogens is 160 g/mol. The van der Waals surface area contributed by atoms with Crippen LogP contribution < -0.4 is 11.3 Å². The van der Waals surface area contributed by atoms with Gasteiger partial charge in [0, 0.05) is 6.04 Å². The molecule has 0 aliphatic heterocycles. The Balaban J connectivity index is 2.00. The largest absolute Gasteiger partial charge is 0.271 e. The Kier molecular flexibility index (Phi) is 2.61. The highest BCUT2D eigenvalue weighted by atomic mass is 15.2. The highest BCUT2D eigenvalue weighted by molar-refractivity contribution is 4.95. The van der Waals surface area contributed by atoms with Crippen LogP contribution in [0.3, 0.4) is 0 Å². The SMILES string of the molecule is CC(C)C(NN)C1CC2CCC1C2. The van der Waals surface area contributed by atoms with Crippen molar-refractivity contribution in [2.45, 2.75) is 45.6 Å². The Bertz CT molecular complexity index is 179. The summed E-state index contributed by atoms with van der Waals surface area (Å²) in [5.74, 6) is 9.19. The van der Waals surface area contributed by atoms with E-state index in [-0.39, 0.29) is 0 Å². The van der Waals surface area contributed by atoms with Gasteiger partial charge in [0.05, 0.1) is 0 Å². The fraction of sp³-hybridized carbons (Fsp3) is 1.00. The van der Waals surface area contributed by atoms with Crippen LogP contribution >= 0.6 is 0 Å². The third-order valence-electron chi connectivity index (χ3n) is 4.16. The maximum absolute atomic E-state index is 5.64. The number of hydrazine groups is 1. The Labute approximate surface area is 81.2 Å². The van der Waals surface area contributed by atoms with Crippen LogP contribution in [-0.4, -0.2) is 6.04 Å². The molecule has 0 amide bonds. The number of hydrogen-bond acceptors (Lipinski definition) is 2. The highest BCUT2D eigenvalue weighted by Crippen LogP contribution is 2.50. The molecule has 0 aromatic carbocycles. The van der Waals surface area contributed by atoms with Crippen molar-refractivity contribution in [2.24, 2.45) is 29.5 Å². The van der Waals surface area contributed by atoms with Gasteiger partial charge in [-0.3, -0.25) is 11.3 Å². The first kappa shape index (κ1) is 9.47. The van der Waals surface area contributed by atoms with Crippen LogP contribution in [0.25, 0.3) is 0 Å². The van der Waals surface area contributed by atoms with Crippen molar-refractivity contribution < 1.29 is 0 Å². The lowest BCUT2D eigenvalue weighted by Crippen LogP contribution is -2.46. The molecule has 2 heteroatoms. The molecule has 2 nitrogen and oxygen atoms in total. The van der Waals surface area contributed by atoms with Gasteiger partial charge in [-0.1, -0.05) is 20.3 Å². The average Bonchev–Trinajstić information content (AvgIpc) is 2.65. The van der Waals surface area contributed by atoms with Gasteiger partial charge in [-0.25, -0.2) is 0 Å². The first-order chi connectivity index (χ1) is 6.22. The van der Waals surface area contributed by atoms with E-state index in [0.29, 0.717) is 12.0 Å². The summed E-state index contributed by atoms with van der Waals surface area (Å²) in [5, 5.41) is 0. The van der Waals surface area contributed by atoms with Gasteiger partial charge in [-0.2, -0.15) is 0 Å². The standard InChI is InChI=1S/C11H22N2/c1-7(2)11(13-12)10-6-8-3-4-9(10)5-8/h7-11,13H,3-6,12H2,1-2H3. The van der Waals surface area contributed by atoms with E-state index in [0.717, 1.165) is 17.8 Å². The quantitative estimate of drug-likeness (QED) is 0.517. The molecule has 0 aromatic heterocycles. The fourth-order valence-corrected chi connectivity index (χ4v) is 3.54. The monoisotopic (exact) mass is 182 g/mol. The molecule has 2 saturated carbocycles. The van der Waals surface area contributed by atoms with Crippen LogP contribution in [0.5, 0.6) is 0 Å². The molecule has 2 aliphatic rings. The van der Waals surface area contributed by atoms with Crippen LogP contribution in [0.4, 0.5) is 0 Å². The van der Waals surface area contributed by atoms with Gasteiger partial charge in [0.2, 0.25) is 0 Å². The van der Waals surface area contributed by atoms with E-state index < -0.39 is 0 Å². The molecule has 2 rings (SSSR count). The molecule has 2 bridgehead atoms. The van der Waals surface area contributed by atoms with E-state index >= 15 is 0 Å². The lowest BCUT2D eigenvalue weighted by molar-refractivity contribution is 0.207. The molecule has 0 radical (unpaired) electrons. The number of nitrogens with two attached hydrogens (primary N) is 1. The van der Waals surface area contributed by atoms with Gasteiger partial charge in [-0.05, 0) is 42.9 Å². The minimum absolute atomic E-state index is 0.551. The van der Waals surface area contributed by atoms with Gasteiger partial charge in [0.25, 0.3) is 0 Å². The maximum Gasteiger partial charge on any atom is 0.0264 e. The average molecular weight is 182 g/mol. The van der Waals surface area contributed by atoms with E-state index in [2.05, 4.69) is 19.3 Å². The fourth-order valence-electron chi connectivity index (χ4n) is 3.54. The van der Waals surface area contributed by atoms with E-state index in [1.54, 1.807) is 0 Å². The second kappa shape index (κ2) is 3.58. The van der Waals surface area contributed by atoms with Crippen molar-refractivity contribution >= 4 is 0 Å². The van der Waals surface area contributed by atoms with Crippen molar-refractivity contribution in [3.63, 3.8) is 0 Å². The van der Waals surface area contributed by atoms with Crippen molar-refractivity contribution in [3.05, 3.63) is 0 Å². The number of fused-ring (bicyclic) bond motifs is 2. The minimum Gasteiger partial charge on any atom is -0.271 e. The van der Waals surface area contributed by atoms with Gasteiger partial charge in [-0.15, -0.1) is 0 Å². The molecule has 13 heavy (non-hydrogen) atoms. The van der Waals surface area contributed by atoms with Gasteiger partial charge in [0.15, 0.2) is 0 Å². The normalized spacial score (nSPS) is 40.2. The number of rotatable bonds is 3. The zero-order valence-corrected chi connectivity index (χ0v) is 8.79. The van der Waals surface area contributed by atoms with Gasteiger partial charge in [0.1, 0.15) is 0 Å². The topological polar surface area (TPSA) is 38.0 Å². The Morgan fingerprint density at radius 2 is 2.00 bits per heavy atom. The predicted molar refractivity (Wildman–Crippen MR) is 54.9 cm³/mol. The molecular formula is C11H22N2. The third kappa shape index (κ3) is 1.62. The molecule has 4 atom stereocenters. The van der Waals surface area contributed by atoms with Crippen LogP contribution in [-0.2, 0) is 0 Å². The van der Waals surface area contributed by atoms with Gasteiger partial charge < -0.3 is 0 Å². The summed E-state index contributed by atoms with van der Waals surface area (Å²) >= 11 is 0. The zero-order valence-electron chi connectivity index (χ0n) is 8.79. The summed E-state index contributed by atoms with van der Waals surface area (Å²) < 4.78 is 0. The zero-order chi connectivity index (χ0) is 9.42. The van der Waals surface area contributed by atoms with E-state index in [1.165, 1.54) is 25.7 Å². The molecule has 2 aliphatic carbocycles.